The molecule has 6 rings (SSSR count). The van der Waals surface area contributed by atoms with E-state index in [-0.39, 0.29) is 5.41 Å². The average Bonchev–Trinajstić information content (AvgIpc) is 3.19. The summed E-state index contributed by atoms with van der Waals surface area (Å²) in [5.41, 5.74) is 10.5. The fraction of sp³-hybridized carbons (Fsp3) is 0.259. The number of para-hydroxylation sites is 2. The highest BCUT2D eigenvalue weighted by atomic mass is 15.0. The van der Waals surface area contributed by atoms with Crippen molar-refractivity contribution in [3.8, 4) is 5.69 Å². The second kappa shape index (κ2) is 5.61. The number of rotatable bonds is 1. The Morgan fingerprint density at radius 3 is 2.36 bits per heavy atom. The molecule has 0 aliphatic heterocycles. The molecule has 1 nitrogen and oxygen atoms in total. The first-order chi connectivity index (χ1) is 13.7. The normalized spacial score (nSPS) is 17.9. The number of hydrogen-bond donors (Lipinski definition) is 0. The van der Waals surface area contributed by atoms with Gasteiger partial charge in [0.05, 0.1) is 11.0 Å². The van der Waals surface area contributed by atoms with Crippen LogP contribution in [0.4, 0.5) is 0 Å². The van der Waals surface area contributed by atoms with Gasteiger partial charge < -0.3 is 4.57 Å². The third-order valence-corrected chi connectivity index (χ3v) is 7.05. The summed E-state index contributed by atoms with van der Waals surface area (Å²) in [4.78, 5) is 0. The Bertz CT molecular complexity index is 1270. The summed E-state index contributed by atoms with van der Waals surface area (Å²) in [6, 6.07) is 24.5. The third-order valence-electron chi connectivity index (χ3n) is 7.05. The highest BCUT2D eigenvalue weighted by molar-refractivity contribution is 6.13. The molecule has 1 aromatic heterocycles. The molecule has 0 saturated carbocycles. The third kappa shape index (κ3) is 1.97. The van der Waals surface area contributed by atoms with E-state index in [1.165, 1.54) is 64.3 Å². The van der Waals surface area contributed by atoms with Gasteiger partial charge >= 0.3 is 0 Å². The molecular weight excluding hydrogens is 338 g/mol. The van der Waals surface area contributed by atoms with E-state index < -0.39 is 0 Å². The van der Waals surface area contributed by atoms with E-state index in [0.717, 1.165) is 0 Å². The molecule has 0 radical (unpaired) electrons. The molecule has 0 N–H and O–H groups in total. The van der Waals surface area contributed by atoms with Gasteiger partial charge in [-0.25, -0.2) is 0 Å². The molecule has 0 bridgehead atoms. The lowest BCUT2D eigenvalue weighted by molar-refractivity contribution is 0.574. The minimum atomic E-state index is 0.150. The largest absolute Gasteiger partial charge is 0.309 e. The van der Waals surface area contributed by atoms with Crippen LogP contribution in [0, 0.1) is 0 Å². The van der Waals surface area contributed by atoms with E-state index in [9.17, 15) is 0 Å². The molecule has 1 heterocycles. The highest BCUT2D eigenvalue weighted by Crippen LogP contribution is 2.54. The molecule has 0 amide bonds. The Kier molecular flexibility index (Phi) is 3.24. The molecule has 1 heteroatoms. The van der Waals surface area contributed by atoms with Gasteiger partial charge in [0.15, 0.2) is 0 Å². The van der Waals surface area contributed by atoms with Crippen LogP contribution in [-0.2, 0) is 5.41 Å². The van der Waals surface area contributed by atoms with Crippen LogP contribution in [0.25, 0.3) is 33.1 Å². The fourth-order valence-corrected chi connectivity index (χ4v) is 5.76. The van der Waals surface area contributed by atoms with Gasteiger partial charge in [-0.1, -0.05) is 68.0 Å². The summed E-state index contributed by atoms with van der Waals surface area (Å²) in [5.74, 6) is 0. The molecule has 0 saturated heterocycles. The molecular formula is C27H25N. The van der Waals surface area contributed by atoms with Crippen molar-refractivity contribution in [1.82, 2.24) is 4.57 Å². The van der Waals surface area contributed by atoms with E-state index in [1.54, 1.807) is 11.1 Å². The molecule has 0 unspecified atom stereocenters. The Balaban J connectivity index is 1.84. The Morgan fingerprint density at radius 1 is 0.750 bits per heavy atom. The summed E-state index contributed by atoms with van der Waals surface area (Å²) in [6.45, 7) is 4.86. The predicted octanol–water partition coefficient (Wildman–Crippen LogP) is 7.40. The van der Waals surface area contributed by atoms with Crippen LogP contribution >= 0.6 is 0 Å². The SMILES string of the molecule is CC1(C)C2=C(CCCC2)c2c1ccc1c3ccccc3n(-c3ccccc3)c21. The van der Waals surface area contributed by atoms with Crippen molar-refractivity contribution >= 4 is 27.4 Å². The van der Waals surface area contributed by atoms with Gasteiger partial charge in [-0.3, -0.25) is 0 Å². The summed E-state index contributed by atoms with van der Waals surface area (Å²) in [6.07, 6.45) is 5.13. The van der Waals surface area contributed by atoms with Crippen LogP contribution in [0.2, 0.25) is 0 Å². The number of hydrogen-bond acceptors (Lipinski definition) is 0. The zero-order valence-corrected chi connectivity index (χ0v) is 16.6. The van der Waals surface area contributed by atoms with Gasteiger partial charge in [0, 0.05) is 27.4 Å². The maximum atomic E-state index is 2.50. The molecule has 0 atom stereocenters. The minimum Gasteiger partial charge on any atom is -0.309 e. The summed E-state index contributed by atoms with van der Waals surface area (Å²) in [7, 11) is 0. The maximum absolute atomic E-state index is 2.50. The standard InChI is InChI=1S/C27H25N/c1-27(2)22-14-8-6-13-21(22)25-23(27)17-16-20-19-12-7-9-15-24(19)28(26(20)25)18-10-4-3-5-11-18/h3-5,7,9-12,15-17H,6,8,13-14H2,1-2H3. The highest BCUT2D eigenvalue weighted by Gasteiger charge is 2.40. The van der Waals surface area contributed by atoms with Crippen molar-refractivity contribution < 1.29 is 0 Å². The molecule has 2 aliphatic carbocycles. The van der Waals surface area contributed by atoms with Crippen molar-refractivity contribution in [3.05, 3.63) is 83.4 Å². The molecule has 4 aromatic rings. The number of nitrogens with zero attached hydrogens (tertiary/aromatic N) is 1. The topological polar surface area (TPSA) is 4.93 Å². The van der Waals surface area contributed by atoms with Crippen LogP contribution in [-0.4, -0.2) is 4.57 Å². The molecule has 0 spiro atoms. The smallest absolute Gasteiger partial charge is 0.0619 e. The van der Waals surface area contributed by atoms with E-state index >= 15 is 0 Å². The van der Waals surface area contributed by atoms with E-state index in [1.807, 2.05) is 0 Å². The summed E-state index contributed by atoms with van der Waals surface area (Å²) < 4.78 is 2.50. The van der Waals surface area contributed by atoms with Crippen LogP contribution < -0.4 is 0 Å². The Labute approximate surface area is 166 Å². The Morgan fingerprint density at radius 2 is 1.50 bits per heavy atom. The van der Waals surface area contributed by atoms with Gasteiger partial charge in [-0.15, -0.1) is 0 Å². The van der Waals surface area contributed by atoms with Gasteiger partial charge in [0.1, 0.15) is 0 Å². The van der Waals surface area contributed by atoms with Crippen LogP contribution in [0.5, 0.6) is 0 Å². The van der Waals surface area contributed by atoms with Crippen molar-refractivity contribution in [3.63, 3.8) is 0 Å². The van der Waals surface area contributed by atoms with Crippen LogP contribution in [0.3, 0.4) is 0 Å². The zero-order valence-electron chi connectivity index (χ0n) is 16.6. The first-order valence-electron chi connectivity index (χ1n) is 10.5. The van der Waals surface area contributed by atoms with Crippen molar-refractivity contribution in [2.75, 3.05) is 0 Å². The fourth-order valence-electron chi connectivity index (χ4n) is 5.76. The Hall–Kier alpha value is -2.80. The van der Waals surface area contributed by atoms with Gasteiger partial charge in [-0.2, -0.15) is 0 Å². The first-order valence-corrected chi connectivity index (χ1v) is 10.5. The molecule has 3 aromatic carbocycles. The molecule has 2 aliphatic rings. The number of aromatic nitrogens is 1. The summed E-state index contributed by atoms with van der Waals surface area (Å²) in [5, 5.41) is 2.74. The molecule has 138 valence electrons. The monoisotopic (exact) mass is 363 g/mol. The van der Waals surface area contributed by atoms with Crippen LogP contribution in [0.1, 0.15) is 50.7 Å². The number of allylic oxidation sites excluding steroid dienone is 2. The van der Waals surface area contributed by atoms with E-state index in [2.05, 4.69) is 85.1 Å². The van der Waals surface area contributed by atoms with Gasteiger partial charge in [0.2, 0.25) is 0 Å². The van der Waals surface area contributed by atoms with Gasteiger partial charge in [-0.05, 0) is 55.0 Å². The minimum absolute atomic E-state index is 0.150. The maximum Gasteiger partial charge on any atom is 0.0619 e. The first kappa shape index (κ1) is 16.2. The van der Waals surface area contributed by atoms with Crippen molar-refractivity contribution in [2.45, 2.75) is 44.9 Å². The lowest BCUT2D eigenvalue weighted by atomic mass is 9.77. The molecule has 28 heavy (non-hydrogen) atoms. The van der Waals surface area contributed by atoms with E-state index in [0.29, 0.717) is 0 Å². The summed E-state index contributed by atoms with van der Waals surface area (Å²) >= 11 is 0. The van der Waals surface area contributed by atoms with Crippen molar-refractivity contribution in [1.29, 1.82) is 0 Å². The van der Waals surface area contributed by atoms with E-state index in [4.69, 9.17) is 0 Å². The van der Waals surface area contributed by atoms with Crippen molar-refractivity contribution in [2.24, 2.45) is 0 Å². The van der Waals surface area contributed by atoms with Crippen LogP contribution in [0.15, 0.2) is 72.3 Å². The quantitative estimate of drug-likeness (QED) is 0.332. The second-order valence-electron chi connectivity index (χ2n) is 8.86. The lowest BCUT2D eigenvalue weighted by Crippen LogP contribution is -2.18. The molecule has 0 fully saturated rings. The number of benzene rings is 3. The second-order valence-corrected chi connectivity index (χ2v) is 8.86. The lowest BCUT2D eigenvalue weighted by Gasteiger charge is -2.26. The number of fused-ring (bicyclic) bond motifs is 6. The predicted molar refractivity (Wildman–Crippen MR) is 119 cm³/mol. The zero-order chi connectivity index (χ0) is 18.9. The average molecular weight is 364 g/mol. The van der Waals surface area contributed by atoms with Gasteiger partial charge in [0.25, 0.3) is 0 Å².